The summed E-state index contributed by atoms with van der Waals surface area (Å²) in [4.78, 5) is 14.4. The van der Waals surface area contributed by atoms with Crippen LogP contribution in [-0.4, -0.2) is 61.8 Å². The molecule has 0 saturated carbocycles. The van der Waals surface area contributed by atoms with Crippen LogP contribution in [0.2, 0.25) is 0 Å². The molecule has 0 unspecified atom stereocenters. The van der Waals surface area contributed by atoms with Crippen molar-refractivity contribution in [3.63, 3.8) is 0 Å². The minimum absolute atomic E-state index is 0.232. The highest BCUT2D eigenvalue weighted by molar-refractivity contribution is 6.67. The number of carboxylic acid groups (broad SMARTS) is 1. The van der Waals surface area contributed by atoms with Crippen molar-refractivity contribution >= 4 is 46.6 Å². The Morgan fingerprint density at radius 2 is 2.30 bits per heavy atom. The van der Waals surface area contributed by atoms with E-state index in [4.69, 9.17) is 40.5 Å². The molecule has 0 aliphatic carbocycles. The number of aromatic amines is 1. The molecule has 2 heterocycles. The summed E-state index contributed by atoms with van der Waals surface area (Å²) in [6.07, 6.45) is 2.20. The molecule has 112 valence electrons. The summed E-state index contributed by atoms with van der Waals surface area (Å²) < 4.78 is -1.68. The smallest absolute Gasteiger partial charge is 0.407 e. The minimum atomic E-state index is -1.68. The Morgan fingerprint density at radius 3 is 2.80 bits per heavy atom. The molecule has 1 fully saturated rings. The van der Waals surface area contributed by atoms with Crippen LogP contribution in [0.4, 0.5) is 10.5 Å². The first kappa shape index (κ1) is 15.5. The Hall–Kier alpha value is -0.890. The summed E-state index contributed by atoms with van der Waals surface area (Å²) in [5.41, 5.74) is 6.88. The summed E-state index contributed by atoms with van der Waals surface area (Å²) in [5.74, 6) is 0. The Kier molecular flexibility index (Phi) is 4.53. The van der Waals surface area contributed by atoms with E-state index in [0.717, 1.165) is 10.6 Å². The third-order valence-corrected chi connectivity index (χ3v) is 3.54. The second-order valence-corrected chi connectivity index (χ2v) is 7.13. The third-order valence-electron chi connectivity index (χ3n) is 3.18. The zero-order chi connectivity index (χ0) is 14.9. The highest BCUT2D eigenvalue weighted by Crippen LogP contribution is 2.30. The number of amides is 1. The summed E-state index contributed by atoms with van der Waals surface area (Å²) in [6.45, 7) is 0.701. The van der Waals surface area contributed by atoms with E-state index in [9.17, 15) is 9.90 Å². The average molecular weight is 343 g/mol. The van der Waals surface area contributed by atoms with Crippen LogP contribution in [0.15, 0.2) is 12.4 Å². The molecule has 1 amide bonds. The fraction of sp³-hybridized carbons (Fsp3) is 0.600. The van der Waals surface area contributed by atoms with Gasteiger partial charge in [-0.25, -0.2) is 4.79 Å². The highest BCUT2D eigenvalue weighted by Gasteiger charge is 2.40. The molecule has 1 aliphatic rings. The van der Waals surface area contributed by atoms with Gasteiger partial charge in [-0.1, -0.05) is 34.8 Å². The van der Waals surface area contributed by atoms with Crippen LogP contribution in [0.3, 0.4) is 0 Å². The number of aromatic nitrogens is 2. The predicted octanol–water partition coefficient (Wildman–Crippen LogP) is 1.28. The molecule has 0 radical (unpaired) electrons. The molecule has 2 atom stereocenters. The zero-order valence-electron chi connectivity index (χ0n) is 10.3. The van der Waals surface area contributed by atoms with Crippen molar-refractivity contribution in [2.24, 2.45) is 5.73 Å². The quantitative estimate of drug-likeness (QED) is 0.719. The van der Waals surface area contributed by atoms with E-state index < -0.39 is 15.9 Å². The van der Waals surface area contributed by atoms with Gasteiger partial charge in [-0.2, -0.15) is 5.10 Å². The van der Waals surface area contributed by atoms with E-state index in [0.29, 0.717) is 13.1 Å². The summed E-state index contributed by atoms with van der Waals surface area (Å²) in [7, 11) is 0. The number of nitrogens with zero attached hydrogens (tertiary/aromatic N) is 3. The monoisotopic (exact) mass is 341 g/mol. The summed E-state index contributed by atoms with van der Waals surface area (Å²) in [6, 6.07) is -0.814. The van der Waals surface area contributed by atoms with Crippen molar-refractivity contribution in [1.29, 1.82) is 0 Å². The first-order valence-corrected chi connectivity index (χ1v) is 6.97. The van der Waals surface area contributed by atoms with Crippen molar-refractivity contribution in [1.82, 2.24) is 15.1 Å². The molecule has 1 saturated heterocycles. The lowest BCUT2D eigenvalue weighted by Gasteiger charge is -2.30. The number of nitrogens with two attached hydrogens (primary N) is 1. The fourth-order valence-electron chi connectivity index (χ4n) is 2.29. The minimum Gasteiger partial charge on any atom is -0.465 e. The molecule has 7 nitrogen and oxygen atoms in total. The topological polar surface area (TPSA) is 98.5 Å². The van der Waals surface area contributed by atoms with Crippen LogP contribution < -0.4 is 10.6 Å². The largest absolute Gasteiger partial charge is 0.465 e. The Morgan fingerprint density at radius 1 is 1.60 bits per heavy atom. The van der Waals surface area contributed by atoms with E-state index in [1.165, 1.54) is 0 Å². The van der Waals surface area contributed by atoms with Crippen LogP contribution in [0.1, 0.15) is 0 Å². The molecule has 1 aliphatic heterocycles. The van der Waals surface area contributed by atoms with Crippen molar-refractivity contribution in [3.8, 4) is 0 Å². The van der Waals surface area contributed by atoms with Gasteiger partial charge in [-0.15, -0.1) is 0 Å². The van der Waals surface area contributed by atoms with Gasteiger partial charge >= 0.3 is 6.09 Å². The van der Waals surface area contributed by atoms with E-state index in [1.54, 1.807) is 12.4 Å². The van der Waals surface area contributed by atoms with E-state index in [2.05, 4.69) is 10.2 Å². The number of rotatable bonds is 3. The lowest BCUT2D eigenvalue weighted by atomic mass is 10.1. The number of anilines is 1. The maximum absolute atomic E-state index is 11.4. The number of nitrogens with one attached hydrogen (secondary N) is 1. The van der Waals surface area contributed by atoms with Gasteiger partial charge in [-0.05, 0) is 0 Å². The SMILES string of the molecule is N[C@@H]1CN(c2cn[nH]c2)C[C@@H]1N(CC(Cl)(Cl)Cl)C(=O)O. The Balaban J connectivity index is 2.12. The van der Waals surface area contributed by atoms with Gasteiger partial charge in [0.1, 0.15) is 0 Å². The second kappa shape index (κ2) is 5.85. The van der Waals surface area contributed by atoms with Crippen LogP contribution >= 0.6 is 34.8 Å². The number of carbonyl (C=O) groups is 1. The molecule has 10 heteroatoms. The summed E-state index contributed by atoms with van der Waals surface area (Å²) >= 11 is 17.1. The van der Waals surface area contributed by atoms with Crippen molar-refractivity contribution in [2.45, 2.75) is 15.9 Å². The van der Waals surface area contributed by atoms with Crippen LogP contribution in [0.5, 0.6) is 0 Å². The molecule has 1 aromatic heterocycles. The number of hydrogen-bond acceptors (Lipinski definition) is 4. The number of hydrogen-bond donors (Lipinski definition) is 3. The first-order chi connectivity index (χ1) is 9.28. The lowest BCUT2D eigenvalue weighted by molar-refractivity contribution is 0.126. The molecule has 1 aromatic rings. The van der Waals surface area contributed by atoms with Gasteiger partial charge in [0.15, 0.2) is 0 Å². The zero-order valence-corrected chi connectivity index (χ0v) is 12.6. The lowest BCUT2D eigenvalue weighted by Crippen LogP contribution is -2.52. The average Bonchev–Trinajstić information content (AvgIpc) is 2.93. The van der Waals surface area contributed by atoms with Crippen LogP contribution in [-0.2, 0) is 0 Å². The van der Waals surface area contributed by atoms with Gasteiger partial charge in [0.2, 0.25) is 3.79 Å². The van der Waals surface area contributed by atoms with Crippen molar-refractivity contribution < 1.29 is 9.90 Å². The van der Waals surface area contributed by atoms with Gasteiger partial charge in [0, 0.05) is 25.3 Å². The summed E-state index contributed by atoms with van der Waals surface area (Å²) in [5, 5.41) is 15.8. The number of halogens is 3. The van der Waals surface area contributed by atoms with E-state index in [1.807, 2.05) is 4.90 Å². The predicted molar refractivity (Wildman–Crippen MR) is 77.6 cm³/mol. The first-order valence-electron chi connectivity index (χ1n) is 5.83. The van der Waals surface area contributed by atoms with Gasteiger partial charge in [0.05, 0.1) is 24.5 Å². The molecule has 20 heavy (non-hydrogen) atoms. The number of H-pyrrole nitrogens is 1. The maximum atomic E-state index is 11.4. The molecular weight excluding hydrogens is 329 g/mol. The Bertz CT molecular complexity index is 464. The second-order valence-electron chi connectivity index (χ2n) is 4.62. The maximum Gasteiger partial charge on any atom is 0.407 e. The standard InChI is InChI=1S/C10H14Cl3N5O2/c11-10(12,13)5-18(9(19)20)8-4-17(3-7(8)14)6-1-15-16-2-6/h1-2,7-8H,3-5,14H2,(H,15,16)(H,19,20)/t7-,8+/m1/s1. The molecule has 0 aromatic carbocycles. The third kappa shape index (κ3) is 3.60. The van der Waals surface area contributed by atoms with Gasteiger partial charge in [-0.3, -0.25) is 10.00 Å². The van der Waals surface area contributed by atoms with Crippen molar-refractivity contribution in [2.75, 3.05) is 24.5 Å². The van der Waals surface area contributed by atoms with E-state index in [-0.39, 0.29) is 12.6 Å². The van der Waals surface area contributed by atoms with Gasteiger partial charge < -0.3 is 15.7 Å². The van der Waals surface area contributed by atoms with Crippen LogP contribution in [0.25, 0.3) is 0 Å². The molecule has 0 spiro atoms. The van der Waals surface area contributed by atoms with Crippen molar-refractivity contribution in [3.05, 3.63) is 12.4 Å². The normalized spacial score (nSPS) is 23.1. The Labute approximate surface area is 130 Å². The molecule has 0 bridgehead atoms. The molecule has 4 N–H and O–H groups in total. The number of alkyl halides is 3. The van der Waals surface area contributed by atoms with Gasteiger partial charge in [0.25, 0.3) is 0 Å². The van der Waals surface area contributed by atoms with E-state index >= 15 is 0 Å². The molecular formula is C10H14Cl3N5O2. The molecule has 2 rings (SSSR count). The van der Waals surface area contributed by atoms with Crippen LogP contribution in [0, 0.1) is 0 Å². The fourth-order valence-corrected chi connectivity index (χ4v) is 2.68. The highest BCUT2D eigenvalue weighted by atomic mass is 35.6.